The maximum absolute atomic E-state index is 13.5. The van der Waals surface area contributed by atoms with E-state index in [-0.39, 0.29) is 16.9 Å². The number of nitriles is 1. The number of carbonyl (C=O) groups is 1. The average Bonchev–Trinajstić information content (AvgIpc) is 3.24. The number of carbonyl (C=O) groups excluding carboxylic acids is 1. The fourth-order valence-electron chi connectivity index (χ4n) is 10.9. The highest BCUT2D eigenvalue weighted by molar-refractivity contribution is 5.82. The van der Waals surface area contributed by atoms with Crippen molar-refractivity contribution in [3.8, 4) is 6.07 Å². The van der Waals surface area contributed by atoms with E-state index in [2.05, 4.69) is 31.9 Å². The molecule has 5 heteroatoms. The number of hydrogen-bond acceptors (Lipinski definition) is 4. The van der Waals surface area contributed by atoms with E-state index in [1.165, 1.54) is 38.5 Å². The molecule has 6 fully saturated rings. The molecule has 2 saturated heterocycles. The predicted octanol–water partition coefficient (Wildman–Crippen LogP) is 5.00. The van der Waals surface area contributed by atoms with Crippen molar-refractivity contribution in [1.29, 1.82) is 5.26 Å². The molecule has 6 aliphatic rings. The lowest BCUT2D eigenvalue weighted by Gasteiger charge is -2.53. The standard InChI is InChI=1S/C28H37N3O2/c1-16-6-10-27-17(2)28(27)21-7-9-26(3)20(19(21)13-25(33-28)23(27)12-16)4-5-22(26)24(32)15-31-11-8-18(14-29)30-31/h8,11,16-17,19-23,25H,4-7,9-10,12-13,15H2,1-3H3. The molecule has 1 aromatic rings. The Morgan fingerprint density at radius 1 is 1.18 bits per heavy atom. The number of ketones is 1. The zero-order valence-electron chi connectivity index (χ0n) is 20.3. The van der Waals surface area contributed by atoms with Crippen LogP contribution in [0.15, 0.2) is 12.3 Å². The predicted molar refractivity (Wildman–Crippen MR) is 123 cm³/mol. The number of aromatic nitrogens is 2. The minimum Gasteiger partial charge on any atom is -0.370 e. The molecule has 0 aromatic carbocycles. The number of ether oxygens (including phenoxy) is 1. The van der Waals surface area contributed by atoms with Gasteiger partial charge in [-0.2, -0.15) is 10.4 Å². The highest BCUT2D eigenvalue weighted by Crippen LogP contribution is 2.85. The van der Waals surface area contributed by atoms with Crippen molar-refractivity contribution in [2.24, 2.45) is 52.3 Å². The van der Waals surface area contributed by atoms with E-state index in [1.54, 1.807) is 16.9 Å². The number of Topliss-reactive ketones (excluding diaryl/α,β-unsaturated/α-hetero) is 1. The molecule has 0 radical (unpaired) electrons. The van der Waals surface area contributed by atoms with Crippen molar-refractivity contribution in [1.82, 2.24) is 9.78 Å². The molecule has 7 rings (SSSR count). The molecular formula is C28H37N3O2. The van der Waals surface area contributed by atoms with Crippen LogP contribution in [0.3, 0.4) is 0 Å². The SMILES string of the molecule is CC1CCC23C(C1)C1CC4C5CCC(C(=O)Cn6ccc(C#N)n6)C5(C)CCC4C2(O1)C3C. The largest absolute Gasteiger partial charge is 0.370 e. The van der Waals surface area contributed by atoms with Crippen molar-refractivity contribution in [2.75, 3.05) is 0 Å². The van der Waals surface area contributed by atoms with Crippen LogP contribution in [-0.4, -0.2) is 27.3 Å². The fourth-order valence-corrected chi connectivity index (χ4v) is 10.9. The quantitative estimate of drug-likeness (QED) is 0.654. The van der Waals surface area contributed by atoms with Crippen LogP contribution in [0.2, 0.25) is 0 Å². The Morgan fingerprint density at radius 2 is 2.03 bits per heavy atom. The summed E-state index contributed by atoms with van der Waals surface area (Å²) in [5.74, 6) is 4.89. The second kappa shape index (κ2) is 6.51. The Kier molecular flexibility index (Phi) is 4.08. The molecule has 1 aromatic heterocycles. The summed E-state index contributed by atoms with van der Waals surface area (Å²) in [6, 6.07) is 3.76. The van der Waals surface area contributed by atoms with Gasteiger partial charge in [-0.05, 0) is 91.9 Å². The van der Waals surface area contributed by atoms with Gasteiger partial charge in [0.1, 0.15) is 6.07 Å². The smallest absolute Gasteiger partial charge is 0.162 e. The van der Waals surface area contributed by atoms with Gasteiger partial charge >= 0.3 is 0 Å². The van der Waals surface area contributed by atoms with Crippen LogP contribution in [0.5, 0.6) is 0 Å². The number of fused-ring (bicyclic) bond motifs is 5. The molecule has 33 heavy (non-hydrogen) atoms. The van der Waals surface area contributed by atoms with Crippen LogP contribution < -0.4 is 0 Å². The molecule has 11 unspecified atom stereocenters. The topological polar surface area (TPSA) is 67.9 Å². The molecule has 11 atom stereocenters. The van der Waals surface area contributed by atoms with Crippen molar-refractivity contribution >= 4 is 5.78 Å². The third-order valence-electron chi connectivity index (χ3n) is 12.2. The molecule has 4 aliphatic carbocycles. The van der Waals surface area contributed by atoms with Crippen molar-refractivity contribution in [3.63, 3.8) is 0 Å². The van der Waals surface area contributed by atoms with Crippen LogP contribution in [0.4, 0.5) is 0 Å². The van der Waals surface area contributed by atoms with Gasteiger partial charge in [-0.25, -0.2) is 0 Å². The normalized spacial score (nSPS) is 53.4. The van der Waals surface area contributed by atoms with Crippen molar-refractivity contribution in [3.05, 3.63) is 18.0 Å². The molecule has 0 amide bonds. The molecule has 2 aliphatic heterocycles. The maximum Gasteiger partial charge on any atom is 0.162 e. The zero-order valence-corrected chi connectivity index (χ0v) is 20.3. The third kappa shape index (κ3) is 2.32. The lowest BCUT2D eigenvalue weighted by molar-refractivity contribution is -0.164. The minimum atomic E-state index is 0.112. The summed E-state index contributed by atoms with van der Waals surface area (Å²) >= 11 is 0. The zero-order chi connectivity index (χ0) is 22.8. The van der Waals surface area contributed by atoms with E-state index >= 15 is 0 Å². The Labute approximate surface area is 197 Å². The van der Waals surface area contributed by atoms with Gasteiger partial charge in [-0.15, -0.1) is 0 Å². The molecule has 3 heterocycles. The Balaban J connectivity index is 1.16. The van der Waals surface area contributed by atoms with Gasteiger partial charge in [0.05, 0.1) is 18.2 Å². The summed E-state index contributed by atoms with van der Waals surface area (Å²) < 4.78 is 8.73. The third-order valence-corrected chi connectivity index (χ3v) is 12.2. The average molecular weight is 448 g/mol. The van der Waals surface area contributed by atoms with Gasteiger partial charge in [-0.1, -0.05) is 27.2 Å². The van der Waals surface area contributed by atoms with Crippen LogP contribution in [0.1, 0.15) is 77.8 Å². The van der Waals surface area contributed by atoms with Crippen molar-refractivity contribution < 1.29 is 9.53 Å². The number of hydrogen-bond donors (Lipinski definition) is 0. The molecular weight excluding hydrogens is 410 g/mol. The number of nitrogens with zero attached hydrogens (tertiary/aromatic N) is 3. The first-order chi connectivity index (χ1) is 15.8. The van der Waals surface area contributed by atoms with E-state index in [9.17, 15) is 4.79 Å². The highest BCUT2D eigenvalue weighted by atomic mass is 16.5. The highest BCUT2D eigenvalue weighted by Gasteiger charge is 2.88. The van der Waals surface area contributed by atoms with Gasteiger partial charge in [0.25, 0.3) is 0 Å². The molecule has 2 spiro atoms. The van der Waals surface area contributed by atoms with Gasteiger partial charge in [0.2, 0.25) is 0 Å². The Hall–Kier alpha value is -1.67. The second-order valence-corrected chi connectivity index (χ2v) is 13.0. The van der Waals surface area contributed by atoms with E-state index in [0.29, 0.717) is 41.4 Å². The summed E-state index contributed by atoms with van der Waals surface area (Å²) in [4.78, 5) is 13.5. The Bertz CT molecular complexity index is 1060. The molecule has 0 N–H and O–H groups in total. The monoisotopic (exact) mass is 447 g/mol. The molecule has 176 valence electrons. The maximum atomic E-state index is 13.5. The molecule has 5 nitrogen and oxygen atoms in total. The molecule has 2 bridgehead atoms. The Morgan fingerprint density at radius 3 is 2.82 bits per heavy atom. The summed E-state index contributed by atoms with van der Waals surface area (Å²) in [6.45, 7) is 7.70. The summed E-state index contributed by atoms with van der Waals surface area (Å²) in [7, 11) is 0. The van der Waals surface area contributed by atoms with Crippen molar-refractivity contribution in [2.45, 2.75) is 90.4 Å². The van der Waals surface area contributed by atoms with Crippen LogP contribution >= 0.6 is 0 Å². The van der Waals surface area contributed by atoms with Crippen LogP contribution in [-0.2, 0) is 16.1 Å². The van der Waals surface area contributed by atoms with Crippen LogP contribution in [0, 0.1) is 63.6 Å². The number of rotatable bonds is 3. The van der Waals surface area contributed by atoms with E-state index in [0.717, 1.165) is 36.5 Å². The summed E-state index contributed by atoms with van der Waals surface area (Å²) in [6.07, 6.45) is 12.2. The van der Waals surface area contributed by atoms with E-state index in [1.807, 2.05) is 0 Å². The van der Waals surface area contributed by atoms with Gasteiger partial charge in [-0.3, -0.25) is 9.48 Å². The minimum absolute atomic E-state index is 0.112. The van der Waals surface area contributed by atoms with Crippen LogP contribution in [0.25, 0.3) is 0 Å². The lowest BCUT2D eigenvalue weighted by Crippen LogP contribution is -2.52. The summed E-state index contributed by atoms with van der Waals surface area (Å²) in [5, 5.41) is 13.3. The molecule has 4 saturated carbocycles. The summed E-state index contributed by atoms with van der Waals surface area (Å²) in [5.41, 5.74) is 1.14. The fraction of sp³-hybridized carbons (Fsp3) is 0.821. The van der Waals surface area contributed by atoms with Gasteiger partial charge in [0.15, 0.2) is 11.5 Å². The first-order valence-electron chi connectivity index (χ1n) is 13.5. The van der Waals surface area contributed by atoms with E-state index in [4.69, 9.17) is 10.00 Å². The first-order valence-corrected chi connectivity index (χ1v) is 13.5. The lowest BCUT2D eigenvalue weighted by atomic mass is 9.54. The van der Waals surface area contributed by atoms with E-state index < -0.39 is 0 Å². The van der Waals surface area contributed by atoms with Gasteiger partial charge in [0, 0.05) is 17.5 Å². The second-order valence-electron chi connectivity index (χ2n) is 13.0. The van der Waals surface area contributed by atoms with Gasteiger partial charge < -0.3 is 4.74 Å². The first kappa shape index (κ1) is 20.7.